The number of hydrogen-bond acceptors (Lipinski definition) is 3. The van der Waals surface area contributed by atoms with Gasteiger partial charge in [-0.25, -0.2) is 0 Å². The second kappa shape index (κ2) is 5.58. The first-order valence-electron chi connectivity index (χ1n) is 5.21. The summed E-state index contributed by atoms with van der Waals surface area (Å²) in [4.78, 5) is 2.56. The van der Waals surface area contributed by atoms with Crippen LogP contribution in [-0.4, -0.2) is 50.3 Å². The number of piperazine rings is 1. The van der Waals surface area contributed by atoms with E-state index in [1.807, 2.05) is 0 Å². The number of nitrogens with one attached hydrogen (secondary N) is 1. The zero-order valence-corrected chi connectivity index (χ0v) is 9.05. The van der Waals surface area contributed by atoms with Gasteiger partial charge in [0.15, 0.2) is 0 Å². The molecular formula is C10H22N2O. The van der Waals surface area contributed by atoms with E-state index in [-0.39, 0.29) is 0 Å². The fourth-order valence-electron chi connectivity index (χ4n) is 1.98. The van der Waals surface area contributed by atoms with Crippen molar-refractivity contribution in [2.75, 3.05) is 33.4 Å². The number of nitrogens with zero attached hydrogens (tertiary/aromatic N) is 1. The summed E-state index contributed by atoms with van der Waals surface area (Å²) >= 11 is 0. The standard InChI is InChI=1S/C10H22N2O/c1-9(2)12-6-5-11-8-10(12)4-7-13-3/h9-11H,4-8H2,1-3H3. The molecule has 3 heteroatoms. The first kappa shape index (κ1) is 11.0. The Kier molecular flexibility index (Phi) is 4.70. The number of rotatable bonds is 4. The van der Waals surface area contributed by atoms with E-state index in [9.17, 15) is 0 Å². The molecule has 1 fully saturated rings. The molecule has 3 nitrogen and oxygen atoms in total. The van der Waals surface area contributed by atoms with E-state index in [0.29, 0.717) is 12.1 Å². The molecule has 1 aliphatic rings. The van der Waals surface area contributed by atoms with Gasteiger partial charge in [0.2, 0.25) is 0 Å². The van der Waals surface area contributed by atoms with Crippen LogP contribution in [0.3, 0.4) is 0 Å². The predicted molar refractivity (Wildman–Crippen MR) is 55.0 cm³/mol. The summed E-state index contributed by atoms with van der Waals surface area (Å²) in [5, 5.41) is 3.43. The topological polar surface area (TPSA) is 24.5 Å². The van der Waals surface area contributed by atoms with Crippen molar-refractivity contribution in [3.8, 4) is 0 Å². The molecule has 0 aromatic rings. The van der Waals surface area contributed by atoms with Crippen molar-refractivity contribution in [2.24, 2.45) is 0 Å². The molecule has 1 atom stereocenters. The maximum Gasteiger partial charge on any atom is 0.0477 e. The summed E-state index contributed by atoms with van der Waals surface area (Å²) in [5.74, 6) is 0. The van der Waals surface area contributed by atoms with E-state index >= 15 is 0 Å². The van der Waals surface area contributed by atoms with E-state index < -0.39 is 0 Å². The van der Waals surface area contributed by atoms with Gasteiger partial charge in [-0.05, 0) is 20.3 Å². The fraction of sp³-hybridized carbons (Fsp3) is 1.00. The molecule has 0 spiro atoms. The van der Waals surface area contributed by atoms with Gasteiger partial charge in [-0.1, -0.05) is 0 Å². The zero-order chi connectivity index (χ0) is 9.68. The third kappa shape index (κ3) is 3.25. The molecule has 0 radical (unpaired) electrons. The Morgan fingerprint density at radius 3 is 2.92 bits per heavy atom. The van der Waals surface area contributed by atoms with Crippen LogP contribution in [0.15, 0.2) is 0 Å². The van der Waals surface area contributed by atoms with E-state index in [0.717, 1.165) is 26.1 Å². The van der Waals surface area contributed by atoms with Crippen molar-refractivity contribution >= 4 is 0 Å². The average Bonchev–Trinajstić information content (AvgIpc) is 2.15. The first-order chi connectivity index (χ1) is 6.25. The molecule has 1 unspecified atom stereocenters. The van der Waals surface area contributed by atoms with Crippen molar-refractivity contribution in [2.45, 2.75) is 32.4 Å². The minimum Gasteiger partial charge on any atom is -0.385 e. The van der Waals surface area contributed by atoms with Crippen LogP contribution in [0.2, 0.25) is 0 Å². The largest absolute Gasteiger partial charge is 0.385 e. The lowest BCUT2D eigenvalue weighted by molar-refractivity contribution is 0.0886. The summed E-state index contributed by atoms with van der Waals surface area (Å²) in [5.41, 5.74) is 0. The lowest BCUT2D eigenvalue weighted by atomic mass is 10.1. The summed E-state index contributed by atoms with van der Waals surface area (Å²) in [6.07, 6.45) is 1.14. The molecule has 1 heterocycles. The number of methoxy groups -OCH3 is 1. The van der Waals surface area contributed by atoms with Gasteiger partial charge >= 0.3 is 0 Å². The SMILES string of the molecule is COCCC1CNCCN1C(C)C. The lowest BCUT2D eigenvalue weighted by Gasteiger charge is -2.39. The molecule has 1 rings (SSSR count). The first-order valence-corrected chi connectivity index (χ1v) is 5.21. The van der Waals surface area contributed by atoms with E-state index in [1.165, 1.54) is 6.54 Å². The van der Waals surface area contributed by atoms with Gasteiger partial charge in [-0.15, -0.1) is 0 Å². The van der Waals surface area contributed by atoms with Crippen molar-refractivity contribution in [3.63, 3.8) is 0 Å². The average molecular weight is 186 g/mol. The summed E-state index contributed by atoms with van der Waals surface area (Å²) < 4.78 is 5.12. The van der Waals surface area contributed by atoms with Crippen molar-refractivity contribution in [3.05, 3.63) is 0 Å². The lowest BCUT2D eigenvalue weighted by Crippen LogP contribution is -2.54. The molecule has 78 valence electrons. The molecule has 1 saturated heterocycles. The van der Waals surface area contributed by atoms with E-state index in [4.69, 9.17) is 4.74 Å². The summed E-state index contributed by atoms with van der Waals surface area (Å²) in [7, 11) is 1.77. The quantitative estimate of drug-likeness (QED) is 0.699. The highest BCUT2D eigenvalue weighted by Crippen LogP contribution is 2.11. The van der Waals surface area contributed by atoms with Crippen molar-refractivity contribution in [1.29, 1.82) is 0 Å². The van der Waals surface area contributed by atoms with Gasteiger partial charge in [0.25, 0.3) is 0 Å². The van der Waals surface area contributed by atoms with Gasteiger partial charge < -0.3 is 10.1 Å². The van der Waals surface area contributed by atoms with Crippen LogP contribution in [0, 0.1) is 0 Å². The van der Waals surface area contributed by atoms with E-state index in [1.54, 1.807) is 7.11 Å². The zero-order valence-electron chi connectivity index (χ0n) is 9.05. The van der Waals surface area contributed by atoms with Gasteiger partial charge in [-0.3, -0.25) is 4.90 Å². The van der Waals surface area contributed by atoms with Gasteiger partial charge in [-0.2, -0.15) is 0 Å². The Morgan fingerprint density at radius 1 is 1.54 bits per heavy atom. The number of ether oxygens (including phenoxy) is 1. The molecule has 1 aliphatic heterocycles. The van der Waals surface area contributed by atoms with Crippen LogP contribution in [0.4, 0.5) is 0 Å². The van der Waals surface area contributed by atoms with Crippen LogP contribution in [0.1, 0.15) is 20.3 Å². The highest BCUT2D eigenvalue weighted by atomic mass is 16.5. The highest BCUT2D eigenvalue weighted by Gasteiger charge is 2.23. The van der Waals surface area contributed by atoms with Crippen LogP contribution in [0.25, 0.3) is 0 Å². The van der Waals surface area contributed by atoms with Crippen molar-refractivity contribution in [1.82, 2.24) is 10.2 Å². The summed E-state index contributed by atoms with van der Waals surface area (Å²) in [6.45, 7) is 8.82. The van der Waals surface area contributed by atoms with Crippen LogP contribution in [-0.2, 0) is 4.74 Å². The fourth-order valence-corrected chi connectivity index (χ4v) is 1.98. The highest BCUT2D eigenvalue weighted by molar-refractivity contribution is 4.81. The Labute approximate surface area is 81.4 Å². The molecule has 0 bridgehead atoms. The molecular weight excluding hydrogens is 164 g/mol. The Morgan fingerprint density at radius 2 is 2.31 bits per heavy atom. The normalized spacial score (nSPS) is 25.4. The molecule has 0 aliphatic carbocycles. The molecule has 0 aromatic carbocycles. The van der Waals surface area contributed by atoms with Crippen molar-refractivity contribution < 1.29 is 4.74 Å². The van der Waals surface area contributed by atoms with E-state index in [2.05, 4.69) is 24.1 Å². The molecule has 0 amide bonds. The Hall–Kier alpha value is -0.120. The maximum absolute atomic E-state index is 5.12. The minimum absolute atomic E-state index is 0.656. The summed E-state index contributed by atoms with van der Waals surface area (Å²) in [6, 6.07) is 1.32. The Bertz CT molecular complexity index is 139. The minimum atomic E-state index is 0.656. The molecule has 13 heavy (non-hydrogen) atoms. The molecule has 0 aromatic heterocycles. The monoisotopic (exact) mass is 186 g/mol. The van der Waals surface area contributed by atoms with Gasteiger partial charge in [0.1, 0.15) is 0 Å². The van der Waals surface area contributed by atoms with Crippen LogP contribution < -0.4 is 5.32 Å². The third-order valence-corrected chi connectivity index (χ3v) is 2.71. The van der Waals surface area contributed by atoms with Crippen LogP contribution in [0.5, 0.6) is 0 Å². The number of hydrogen-bond donors (Lipinski definition) is 1. The predicted octanol–water partition coefficient (Wildman–Crippen LogP) is 0.705. The van der Waals surface area contributed by atoms with Gasteiger partial charge in [0.05, 0.1) is 0 Å². The third-order valence-electron chi connectivity index (χ3n) is 2.71. The second-order valence-electron chi connectivity index (χ2n) is 3.97. The van der Waals surface area contributed by atoms with Crippen LogP contribution >= 0.6 is 0 Å². The molecule has 1 N–H and O–H groups in total. The Balaban J connectivity index is 2.37. The van der Waals surface area contributed by atoms with Gasteiger partial charge in [0, 0.05) is 45.4 Å². The second-order valence-corrected chi connectivity index (χ2v) is 3.97. The molecule has 0 saturated carbocycles. The smallest absolute Gasteiger partial charge is 0.0477 e. The maximum atomic E-state index is 5.12.